The predicted octanol–water partition coefficient (Wildman–Crippen LogP) is 3.08. The predicted molar refractivity (Wildman–Crippen MR) is 67.3 cm³/mol. The fourth-order valence-electron chi connectivity index (χ4n) is 1.78. The van der Waals surface area contributed by atoms with Crippen molar-refractivity contribution in [3.05, 3.63) is 29.8 Å². The number of alkyl halides is 3. The number of para-hydroxylation sites is 1. The minimum atomic E-state index is -4.16. The van der Waals surface area contributed by atoms with E-state index >= 15 is 0 Å². The highest BCUT2D eigenvalue weighted by molar-refractivity contribution is 5.46. The van der Waals surface area contributed by atoms with Crippen molar-refractivity contribution in [1.29, 1.82) is 0 Å². The number of halogens is 3. The second-order valence-corrected chi connectivity index (χ2v) is 4.63. The van der Waals surface area contributed by atoms with Gasteiger partial charge in [0.25, 0.3) is 0 Å². The van der Waals surface area contributed by atoms with E-state index in [0.717, 1.165) is 5.56 Å². The fraction of sp³-hybridized carbons (Fsp3) is 0.538. The Morgan fingerprint density at radius 1 is 1.22 bits per heavy atom. The minimum absolute atomic E-state index is 0.142. The summed E-state index contributed by atoms with van der Waals surface area (Å²) in [7, 11) is 0. The first-order valence-electron chi connectivity index (χ1n) is 5.94. The lowest BCUT2D eigenvalue weighted by Gasteiger charge is -2.27. The molecule has 2 N–H and O–H groups in total. The lowest BCUT2D eigenvalue weighted by atomic mass is 10.1. The quantitative estimate of drug-likeness (QED) is 0.824. The molecule has 1 aromatic rings. The van der Waals surface area contributed by atoms with Crippen LogP contribution in [-0.2, 0) is 6.42 Å². The summed E-state index contributed by atoms with van der Waals surface area (Å²) in [5.74, 6) is 0. The van der Waals surface area contributed by atoms with E-state index in [1.165, 1.54) is 4.90 Å². The van der Waals surface area contributed by atoms with E-state index in [0.29, 0.717) is 18.7 Å². The van der Waals surface area contributed by atoms with Gasteiger partial charge in [0.15, 0.2) is 0 Å². The van der Waals surface area contributed by atoms with Gasteiger partial charge in [-0.3, -0.25) is 4.90 Å². The maximum Gasteiger partial charge on any atom is 0.401 e. The van der Waals surface area contributed by atoms with Gasteiger partial charge in [0.05, 0.1) is 6.54 Å². The first kappa shape index (κ1) is 14.8. The van der Waals surface area contributed by atoms with Crippen molar-refractivity contribution < 1.29 is 13.2 Å². The third-order valence-corrected chi connectivity index (χ3v) is 2.84. The lowest BCUT2D eigenvalue weighted by Crippen LogP contribution is -2.40. The van der Waals surface area contributed by atoms with Crippen LogP contribution >= 0.6 is 0 Å². The molecule has 1 aromatic carbocycles. The summed E-state index contributed by atoms with van der Waals surface area (Å²) >= 11 is 0. The Kier molecular flexibility index (Phi) is 5.02. The molecule has 2 nitrogen and oxygen atoms in total. The van der Waals surface area contributed by atoms with Gasteiger partial charge in [-0.1, -0.05) is 18.2 Å². The molecule has 0 aliphatic heterocycles. The molecule has 18 heavy (non-hydrogen) atoms. The zero-order valence-electron chi connectivity index (χ0n) is 10.7. The molecule has 0 aliphatic carbocycles. The number of rotatable bonds is 5. The van der Waals surface area contributed by atoms with Gasteiger partial charge in [-0.2, -0.15) is 13.2 Å². The molecule has 0 aliphatic rings. The van der Waals surface area contributed by atoms with Crippen molar-refractivity contribution in [3.8, 4) is 0 Å². The van der Waals surface area contributed by atoms with E-state index in [1.54, 1.807) is 19.9 Å². The van der Waals surface area contributed by atoms with Gasteiger partial charge < -0.3 is 5.73 Å². The summed E-state index contributed by atoms with van der Waals surface area (Å²) in [6.45, 7) is 3.00. The molecule has 1 rings (SSSR count). The number of nitrogen functional groups attached to an aromatic ring is 1. The van der Waals surface area contributed by atoms with E-state index in [1.807, 2.05) is 18.2 Å². The Hall–Kier alpha value is -1.23. The van der Waals surface area contributed by atoms with Gasteiger partial charge in [0.1, 0.15) is 0 Å². The molecule has 0 saturated carbocycles. The Morgan fingerprint density at radius 2 is 1.83 bits per heavy atom. The van der Waals surface area contributed by atoms with Crippen LogP contribution in [0.5, 0.6) is 0 Å². The third kappa shape index (κ3) is 4.96. The van der Waals surface area contributed by atoms with E-state index in [4.69, 9.17) is 5.73 Å². The molecule has 0 radical (unpaired) electrons. The van der Waals surface area contributed by atoms with Crippen LogP contribution in [0.2, 0.25) is 0 Å². The topological polar surface area (TPSA) is 29.3 Å². The van der Waals surface area contributed by atoms with Crippen LogP contribution in [0.25, 0.3) is 0 Å². The average molecular weight is 260 g/mol. The summed E-state index contributed by atoms with van der Waals surface area (Å²) in [5, 5.41) is 0. The van der Waals surface area contributed by atoms with Crippen molar-refractivity contribution in [2.24, 2.45) is 0 Å². The molecule has 102 valence electrons. The second kappa shape index (κ2) is 6.09. The van der Waals surface area contributed by atoms with Crippen LogP contribution < -0.4 is 5.73 Å². The Balaban J connectivity index is 2.61. The first-order chi connectivity index (χ1) is 8.29. The molecule has 0 atom stereocenters. The summed E-state index contributed by atoms with van der Waals surface area (Å²) in [6.07, 6.45) is -3.63. The van der Waals surface area contributed by atoms with Crippen molar-refractivity contribution in [2.75, 3.05) is 18.8 Å². The molecule has 0 amide bonds. The standard InChI is InChI=1S/C13H19F3N2/c1-10(2)18(9-13(14,15)16)8-7-11-5-3-4-6-12(11)17/h3-6,10H,7-9,17H2,1-2H3. The number of nitrogens with zero attached hydrogens (tertiary/aromatic N) is 1. The van der Waals surface area contributed by atoms with E-state index in [-0.39, 0.29) is 6.04 Å². The van der Waals surface area contributed by atoms with E-state index < -0.39 is 12.7 Å². The van der Waals surface area contributed by atoms with Crippen LogP contribution in [0.3, 0.4) is 0 Å². The zero-order chi connectivity index (χ0) is 13.8. The Morgan fingerprint density at radius 3 is 2.33 bits per heavy atom. The maximum atomic E-state index is 12.4. The number of anilines is 1. The summed E-state index contributed by atoms with van der Waals surface area (Å²) < 4.78 is 37.2. The van der Waals surface area contributed by atoms with Gasteiger partial charge in [-0.05, 0) is 31.9 Å². The molecule has 0 bridgehead atoms. The van der Waals surface area contributed by atoms with E-state index in [9.17, 15) is 13.2 Å². The SMILES string of the molecule is CC(C)N(CCc1ccccc1N)CC(F)(F)F. The second-order valence-electron chi connectivity index (χ2n) is 4.63. The smallest absolute Gasteiger partial charge is 0.399 e. The van der Waals surface area contributed by atoms with Crippen molar-refractivity contribution in [3.63, 3.8) is 0 Å². The minimum Gasteiger partial charge on any atom is -0.399 e. The normalized spacial score (nSPS) is 12.4. The van der Waals surface area contributed by atoms with Crippen LogP contribution in [-0.4, -0.2) is 30.2 Å². The largest absolute Gasteiger partial charge is 0.401 e. The molecule has 0 saturated heterocycles. The molecule has 0 unspecified atom stereocenters. The number of hydrogen-bond donors (Lipinski definition) is 1. The summed E-state index contributed by atoms with van der Waals surface area (Å²) in [5.41, 5.74) is 7.30. The third-order valence-electron chi connectivity index (χ3n) is 2.84. The first-order valence-corrected chi connectivity index (χ1v) is 5.94. The molecular formula is C13H19F3N2. The zero-order valence-corrected chi connectivity index (χ0v) is 10.7. The summed E-state index contributed by atoms with van der Waals surface area (Å²) in [6, 6.07) is 7.13. The molecule has 0 spiro atoms. The van der Waals surface area contributed by atoms with Crippen LogP contribution in [0, 0.1) is 0 Å². The highest BCUT2D eigenvalue weighted by Gasteiger charge is 2.31. The molecule has 5 heteroatoms. The highest BCUT2D eigenvalue weighted by atomic mass is 19.4. The Labute approximate surface area is 106 Å². The van der Waals surface area contributed by atoms with E-state index in [2.05, 4.69) is 0 Å². The molecule has 0 aromatic heterocycles. The van der Waals surface area contributed by atoms with Crippen LogP contribution in [0.1, 0.15) is 19.4 Å². The van der Waals surface area contributed by atoms with Gasteiger partial charge in [0.2, 0.25) is 0 Å². The molecule has 0 fully saturated rings. The lowest BCUT2D eigenvalue weighted by molar-refractivity contribution is -0.149. The monoisotopic (exact) mass is 260 g/mol. The number of benzene rings is 1. The van der Waals surface area contributed by atoms with Crippen molar-refractivity contribution in [2.45, 2.75) is 32.5 Å². The Bertz CT molecular complexity index is 375. The van der Waals surface area contributed by atoms with Gasteiger partial charge in [-0.15, -0.1) is 0 Å². The van der Waals surface area contributed by atoms with Crippen LogP contribution in [0.4, 0.5) is 18.9 Å². The number of nitrogens with two attached hydrogens (primary N) is 1. The van der Waals surface area contributed by atoms with Crippen LogP contribution in [0.15, 0.2) is 24.3 Å². The van der Waals surface area contributed by atoms with Crippen molar-refractivity contribution >= 4 is 5.69 Å². The number of hydrogen-bond acceptors (Lipinski definition) is 2. The average Bonchev–Trinajstić information content (AvgIpc) is 2.24. The molecular weight excluding hydrogens is 241 g/mol. The highest BCUT2D eigenvalue weighted by Crippen LogP contribution is 2.19. The van der Waals surface area contributed by atoms with Gasteiger partial charge in [0, 0.05) is 18.3 Å². The summed E-state index contributed by atoms with van der Waals surface area (Å²) in [4.78, 5) is 1.41. The van der Waals surface area contributed by atoms with Crippen molar-refractivity contribution in [1.82, 2.24) is 4.90 Å². The van der Waals surface area contributed by atoms with Gasteiger partial charge >= 0.3 is 6.18 Å². The fourth-order valence-corrected chi connectivity index (χ4v) is 1.78. The maximum absolute atomic E-state index is 12.4. The molecule has 0 heterocycles. The van der Waals surface area contributed by atoms with Gasteiger partial charge in [-0.25, -0.2) is 0 Å².